The van der Waals surface area contributed by atoms with Gasteiger partial charge in [-0.15, -0.1) is 0 Å². The summed E-state index contributed by atoms with van der Waals surface area (Å²) >= 11 is 0. The first-order valence-electron chi connectivity index (χ1n) is 5.95. The molecule has 0 radical (unpaired) electrons. The fourth-order valence-corrected chi connectivity index (χ4v) is 2.28. The second kappa shape index (κ2) is 4.97. The Hall–Kier alpha value is -0.570. The number of rotatable bonds is 4. The average Bonchev–Trinajstić information content (AvgIpc) is 2.46. The fraction of sp³-hybridized carbons (Fsp3) is 0.917. The molecule has 3 heteroatoms. The lowest BCUT2D eigenvalue weighted by Gasteiger charge is -2.19. The van der Waals surface area contributed by atoms with E-state index in [0.29, 0.717) is 18.0 Å². The Labute approximate surface area is 92.8 Å². The maximum Gasteiger partial charge on any atom is 0.223 e. The van der Waals surface area contributed by atoms with E-state index in [-0.39, 0.29) is 11.8 Å². The highest BCUT2D eigenvalue weighted by atomic mass is 16.1. The summed E-state index contributed by atoms with van der Waals surface area (Å²) < 4.78 is 0. The first-order chi connectivity index (χ1) is 6.94. The molecule has 1 amide bonds. The molecule has 3 nitrogen and oxygen atoms in total. The molecule has 0 aliphatic heterocycles. The number of nitrogens with two attached hydrogens (primary N) is 1. The summed E-state index contributed by atoms with van der Waals surface area (Å²) in [6.45, 7) is 7.07. The van der Waals surface area contributed by atoms with Crippen LogP contribution in [0.1, 0.15) is 46.5 Å². The van der Waals surface area contributed by atoms with E-state index >= 15 is 0 Å². The number of hydrogen-bond donors (Lipinski definition) is 2. The third-order valence-corrected chi connectivity index (χ3v) is 3.36. The van der Waals surface area contributed by atoms with Crippen molar-refractivity contribution in [1.29, 1.82) is 0 Å². The van der Waals surface area contributed by atoms with Crippen molar-refractivity contribution in [2.75, 3.05) is 6.54 Å². The van der Waals surface area contributed by atoms with Gasteiger partial charge in [0.1, 0.15) is 0 Å². The molecular weight excluding hydrogens is 188 g/mol. The fourth-order valence-electron chi connectivity index (χ4n) is 2.28. The van der Waals surface area contributed by atoms with Crippen LogP contribution in [-0.4, -0.2) is 18.5 Å². The van der Waals surface area contributed by atoms with Crippen LogP contribution in [0.3, 0.4) is 0 Å². The van der Waals surface area contributed by atoms with E-state index in [1.54, 1.807) is 0 Å². The van der Waals surface area contributed by atoms with Crippen LogP contribution in [0.2, 0.25) is 0 Å². The highest BCUT2D eigenvalue weighted by Crippen LogP contribution is 2.36. The van der Waals surface area contributed by atoms with Crippen molar-refractivity contribution in [3.63, 3.8) is 0 Å². The predicted molar refractivity (Wildman–Crippen MR) is 62.4 cm³/mol. The summed E-state index contributed by atoms with van der Waals surface area (Å²) in [7, 11) is 0. The molecule has 1 rings (SSSR count). The van der Waals surface area contributed by atoms with Crippen LogP contribution in [-0.2, 0) is 4.79 Å². The Balaban J connectivity index is 2.33. The monoisotopic (exact) mass is 212 g/mol. The molecule has 2 atom stereocenters. The molecule has 0 heterocycles. The lowest BCUT2D eigenvalue weighted by atomic mass is 9.92. The molecule has 3 N–H and O–H groups in total. The van der Waals surface area contributed by atoms with Crippen LogP contribution in [0.15, 0.2) is 0 Å². The van der Waals surface area contributed by atoms with Crippen LogP contribution in [0.25, 0.3) is 0 Å². The van der Waals surface area contributed by atoms with Gasteiger partial charge in [-0.2, -0.15) is 0 Å². The van der Waals surface area contributed by atoms with Gasteiger partial charge in [-0.25, -0.2) is 0 Å². The zero-order valence-corrected chi connectivity index (χ0v) is 10.2. The molecule has 15 heavy (non-hydrogen) atoms. The molecule has 1 aliphatic carbocycles. The van der Waals surface area contributed by atoms with Crippen molar-refractivity contribution >= 4 is 5.91 Å². The Bertz CT molecular complexity index is 226. The van der Waals surface area contributed by atoms with Gasteiger partial charge >= 0.3 is 0 Å². The topological polar surface area (TPSA) is 55.1 Å². The highest BCUT2D eigenvalue weighted by Gasteiger charge is 2.32. The number of carbonyl (C=O) groups excluding carboxylic acids is 1. The Morgan fingerprint density at radius 2 is 2.27 bits per heavy atom. The number of amides is 1. The minimum Gasteiger partial charge on any atom is -0.353 e. The minimum absolute atomic E-state index is 0.0544. The molecular formula is C12H24N2O. The lowest BCUT2D eigenvalue weighted by Crippen LogP contribution is -2.37. The molecule has 0 bridgehead atoms. The van der Waals surface area contributed by atoms with Crippen molar-refractivity contribution in [2.45, 2.75) is 52.5 Å². The zero-order valence-electron chi connectivity index (χ0n) is 10.2. The van der Waals surface area contributed by atoms with E-state index in [2.05, 4.69) is 19.2 Å². The standard InChI is InChI=1S/C12H24N2O/c1-9(5-7-13)11(15)14-10-4-6-12(2,3)8-10/h9-10H,4-8,13H2,1-3H3,(H,14,15). The van der Waals surface area contributed by atoms with Crippen molar-refractivity contribution < 1.29 is 4.79 Å². The molecule has 1 aliphatic rings. The van der Waals surface area contributed by atoms with Gasteiger partial charge in [-0.1, -0.05) is 20.8 Å². The van der Waals surface area contributed by atoms with E-state index in [9.17, 15) is 4.79 Å². The number of carbonyl (C=O) groups is 1. The van der Waals surface area contributed by atoms with E-state index in [0.717, 1.165) is 19.3 Å². The summed E-state index contributed by atoms with van der Waals surface area (Å²) in [6, 6.07) is 0.382. The maximum absolute atomic E-state index is 11.7. The van der Waals surface area contributed by atoms with Gasteiger partial charge in [0, 0.05) is 12.0 Å². The molecule has 0 spiro atoms. The summed E-state index contributed by atoms with van der Waals surface area (Å²) in [5, 5.41) is 3.12. The number of nitrogens with one attached hydrogen (secondary N) is 1. The lowest BCUT2D eigenvalue weighted by molar-refractivity contribution is -0.125. The second-order valence-electron chi connectivity index (χ2n) is 5.59. The summed E-state index contributed by atoms with van der Waals surface area (Å²) in [5.41, 5.74) is 5.84. The highest BCUT2D eigenvalue weighted by molar-refractivity contribution is 5.78. The maximum atomic E-state index is 11.7. The zero-order chi connectivity index (χ0) is 11.5. The van der Waals surface area contributed by atoms with E-state index < -0.39 is 0 Å². The van der Waals surface area contributed by atoms with Crippen LogP contribution < -0.4 is 11.1 Å². The van der Waals surface area contributed by atoms with Gasteiger partial charge in [0.05, 0.1) is 0 Å². The normalized spacial score (nSPS) is 26.3. The first-order valence-corrected chi connectivity index (χ1v) is 5.95. The summed E-state index contributed by atoms with van der Waals surface area (Å²) in [5.74, 6) is 0.224. The van der Waals surface area contributed by atoms with Gasteiger partial charge in [0.25, 0.3) is 0 Å². The molecule has 2 unspecified atom stereocenters. The third-order valence-electron chi connectivity index (χ3n) is 3.36. The van der Waals surface area contributed by atoms with Gasteiger partial charge in [-0.05, 0) is 37.6 Å². The molecule has 0 saturated heterocycles. The second-order valence-corrected chi connectivity index (χ2v) is 5.59. The third kappa shape index (κ3) is 3.82. The van der Waals surface area contributed by atoms with Crippen LogP contribution in [0.5, 0.6) is 0 Å². The molecule has 0 aromatic carbocycles. The Morgan fingerprint density at radius 1 is 1.60 bits per heavy atom. The summed E-state index contributed by atoms with van der Waals surface area (Å²) in [6.07, 6.45) is 4.22. The molecule has 0 aromatic rings. The van der Waals surface area contributed by atoms with Crippen molar-refractivity contribution in [2.24, 2.45) is 17.1 Å². The van der Waals surface area contributed by atoms with Gasteiger partial charge < -0.3 is 11.1 Å². The average molecular weight is 212 g/mol. The van der Waals surface area contributed by atoms with Gasteiger partial charge in [0.15, 0.2) is 0 Å². The minimum atomic E-state index is 0.0544. The van der Waals surface area contributed by atoms with Crippen LogP contribution in [0.4, 0.5) is 0 Å². The Kier molecular flexibility index (Phi) is 4.14. The van der Waals surface area contributed by atoms with Gasteiger partial charge in [-0.3, -0.25) is 4.79 Å². The Morgan fingerprint density at radius 3 is 2.73 bits per heavy atom. The largest absolute Gasteiger partial charge is 0.353 e. The SMILES string of the molecule is CC(CCN)C(=O)NC1CCC(C)(C)C1. The molecule has 88 valence electrons. The van der Waals surface area contributed by atoms with E-state index in [4.69, 9.17) is 5.73 Å². The van der Waals surface area contributed by atoms with Crippen molar-refractivity contribution in [3.8, 4) is 0 Å². The van der Waals surface area contributed by atoms with E-state index in [1.807, 2.05) is 6.92 Å². The van der Waals surface area contributed by atoms with Gasteiger partial charge in [0.2, 0.25) is 5.91 Å². The molecule has 0 aromatic heterocycles. The first kappa shape index (κ1) is 12.5. The van der Waals surface area contributed by atoms with Crippen molar-refractivity contribution in [1.82, 2.24) is 5.32 Å². The predicted octanol–water partition coefficient (Wildman–Crippen LogP) is 1.67. The van der Waals surface area contributed by atoms with Crippen LogP contribution in [0, 0.1) is 11.3 Å². The molecule has 1 fully saturated rings. The summed E-state index contributed by atoms with van der Waals surface area (Å²) in [4.78, 5) is 11.7. The quantitative estimate of drug-likeness (QED) is 0.744. The van der Waals surface area contributed by atoms with Crippen molar-refractivity contribution in [3.05, 3.63) is 0 Å². The van der Waals surface area contributed by atoms with E-state index in [1.165, 1.54) is 6.42 Å². The molecule has 1 saturated carbocycles. The van der Waals surface area contributed by atoms with Crippen LogP contribution >= 0.6 is 0 Å². The number of hydrogen-bond acceptors (Lipinski definition) is 2. The smallest absolute Gasteiger partial charge is 0.223 e.